The first-order valence-electron chi connectivity index (χ1n) is 6.65. The maximum atomic E-state index is 5.31. The molecule has 0 saturated carbocycles. The van der Waals surface area contributed by atoms with Crippen molar-refractivity contribution in [2.45, 2.75) is 13.3 Å². The van der Waals surface area contributed by atoms with E-state index in [4.69, 9.17) is 26.4 Å². The SMILES string of the molecule is CCc1n[nH]c(=S)n1/N=C/c1cc(OC)c(OC)c(OC)c1. The average molecular weight is 322 g/mol. The van der Waals surface area contributed by atoms with E-state index in [1.807, 2.05) is 6.92 Å². The first-order valence-corrected chi connectivity index (χ1v) is 7.06. The van der Waals surface area contributed by atoms with Gasteiger partial charge in [-0.25, -0.2) is 0 Å². The van der Waals surface area contributed by atoms with Gasteiger partial charge in [-0.05, 0) is 24.4 Å². The monoisotopic (exact) mass is 322 g/mol. The van der Waals surface area contributed by atoms with Crippen LogP contribution in [-0.2, 0) is 6.42 Å². The van der Waals surface area contributed by atoms with Gasteiger partial charge in [0.15, 0.2) is 17.3 Å². The van der Waals surface area contributed by atoms with Crippen molar-refractivity contribution in [3.63, 3.8) is 0 Å². The number of aromatic nitrogens is 3. The van der Waals surface area contributed by atoms with E-state index in [1.54, 1.807) is 44.4 Å². The van der Waals surface area contributed by atoms with E-state index in [9.17, 15) is 0 Å². The van der Waals surface area contributed by atoms with Gasteiger partial charge in [-0.3, -0.25) is 5.10 Å². The van der Waals surface area contributed by atoms with E-state index in [0.717, 1.165) is 17.8 Å². The van der Waals surface area contributed by atoms with E-state index in [-0.39, 0.29) is 0 Å². The number of methoxy groups -OCH3 is 3. The largest absolute Gasteiger partial charge is 0.493 e. The van der Waals surface area contributed by atoms with E-state index < -0.39 is 0 Å². The van der Waals surface area contributed by atoms with Crippen molar-refractivity contribution in [1.29, 1.82) is 0 Å². The predicted molar refractivity (Wildman–Crippen MR) is 85.9 cm³/mol. The van der Waals surface area contributed by atoms with Crippen molar-refractivity contribution in [2.24, 2.45) is 5.10 Å². The molecule has 0 amide bonds. The lowest BCUT2D eigenvalue weighted by Gasteiger charge is -2.12. The summed E-state index contributed by atoms with van der Waals surface area (Å²) in [5.74, 6) is 2.43. The van der Waals surface area contributed by atoms with Gasteiger partial charge in [-0.15, -0.1) is 0 Å². The Balaban J connectivity index is 2.43. The maximum absolute atomic E-state index is 5.31. The van der Waals surface area contributed by atoms with E-state index in [1.165, 1.54) is 0 Å². The molecule has 0 bridgehead atoms. The first kappa shape index (κ1) is 16.0. The van der Waals surface area contributed by atoms with Crippen LogP contribution < -0.4 is 14.2 Å². The second-order valence-electron chi connectivity index (χ2n) is 4.31. The zero-order chi connectivity index (χ0) is 16.1. The lowest BCUT2D eigenvalue weighted by Crippen LogP contribution is -1.99. The van der Waals surface area contributed by atoms with Gasteiger partial charge in [0.1, 0.15) is 0 Å². The van der Waals surface area contributed by atoms with Crippen LogP contribution in [0.15, 0.2) is 17.2 Å². The second-order valence-corrected chi connectivity index (χ2v) is 4.70. The van der Waals surface area contributed by atoms with Crippen molar-refractivity contribution < 1.29 is 14.2 Å². The molecule has 0 aliphatic rings. The molecular weight excluding hydrogens is 304 g/mol. The van der Waals surface area contributed by atoms with Gasteiger partial charge < -0.3 is 14.2 Å². The highest BCUT2D eigenvalue weighted by Crippen LogP contribution is 2.37. The number of nitrogens with zero attached hydrogens (tertiary/aromatic N) is 3. The molecule has 0 aliphatic heterocycles. The molecule has 22 heavy (non-hydrogen) atoms. The normalized spacial score (nSPS) is 10.9. The van der Waals surface area contributed by atoms with Crippen LogP contribution in [0.3, 0.4) is 0 Å². The van der Waals surface area contributed by atoms with Gasteiger partial charge >= 0.3 is 0 Å². The van der Waals surface area contributed by atoms with Crippen LogP contribution in [0.25, 0.3) is 0 Å². The molecule has 0 saturated heterocycles. The highest BCUT2D eigenvalue weighted by atomic mass is 32.1. The van der Waals surface area contributed by atoms with Crippen LogP contribution in [0, 0.1) is 4.77 Å². The van der Waals surface area contributed by atoms with Crippen molar-refractivity contribution in [3.8, 4) is 17.2 Å². The summed E-state index contributed by atoms with van der Waals surface area (Å²) in [5.41, 5.74) is 0.791. The molecule has 1 N–H and O–H groups in total. The first-order chi connectivity index (χ1) is 10.6. The van der Waals surface area contributed by atoms with Crippen LogP contribution in [0.2, 0.25) is 0 Å². The Morgan fingerprint density at radius 1 is 1.23 bits per heavy atom. The summed E-state index contributed by atoms with van der Waals surface area (Å²) < 4.78 is 17.9. The Bertz CT molecular complexity index is 711. The lowest BCUT2D eigenvalue weighted by atomic mass is 10.2. The molecule has 8 heteroatoms. The number of hydrogen-bond donors (Lipinski definition) is 1. The van der Waals surface area contributed by atoms with Crippen molar-refractivity contribution in [1.82, 2.24) is 14.9 Å². The van der Waals surface area contributed by atoms with E-state index in [0.29, 0.717) is 22.0 Å². The summed E-state index contributed by atoms with van der Waals surface area (Å²) in [7, 11) is 4.70. The topological polar surface area (TPSA) is 73.7 Å². The van der Waals surface area contributed by atoms with Crippen LogP contribution in [0.4, 0.5) is 0 Å². The maximum Gasteiger partial charge on any atom is 0.216 e. The minimum absolute atomic E-state index is 0.445. The number of hydrogen-bond acceptors (Lipinski definition) is 6. The zero-order valence-electron chi connectivity index (χ0n) is 12.9. The molecule has 0 unspecified atom stereocenters. The molecule has 118 valence electrons. The molecule has 2 rings (SSSR count). The highest BCUT2D eigenvalue weighted by molar-refractivity contribution is 7.71. The van der Waals surface area contributed by atoms with Crippen LogP contribution in [-0.4, -0.2) is 42.4 Å². The van der Waals surface area contributed by atoms with Crippen molar-refractivity contribution in [3.05, 3.63) is 28.3 Å². The van der Waals surface area contributed by atoms with Crippen LogP contribution in [0.1, 0.15) is 18.3 Å². The number of aryl methyl sites for hydroxylation is 1. The lowest BCUT2D eigenvalue weighted by molar-refractivity contribution is 0.324. The molecule has 7 nitrogen and oxygen atoms in total. The number of aromatic amines is 1. The Morgan fingerprint density at radius 3 is 2.36 bits per heavy atom. The van der Waals surface area contributed by atoms with Crippen LogP contribution in [0.5, 0.6) is 17.2 Å². The molecule has 1 aromatic heterocycles. The molecule has 0 radical (unpaired) electrons. The summed E-state index contributed by atoms with van der Waals surface area (Å²) in [4.78, 5) is 0. The number of nitrogens with one attached hydrogen (secondary N) is 1. The number of ether oxygens (including phenoxy) is 3. The zero-order valence-corrected chi connectivity index (χ0v) is 13.7. The van der Waals surface area contributed by atoms with Gasteiger partial charge in [-0.1, -0.05) is 6.92 Å². The van der Waals surface area contributed by atoms with Gasteiger partial charge in [0, 0.05) is 12.0 Å². The third-order valence-electron chi connectivity index (χ3n) is 3.04. The fourth-order valence-corrected chi connectivity index (χ4v) is 2.17. The fraction of sp³-hybridized carbons (Fsp3) is 0.357. The van der Waals surface area contributed by atoms with Gasteiger partial charge in [0.05, 0.1) is 27.5 Å². The minimum Gasteiger partial charge on any atom is -0.493 e. The third kappa shape index (κ3) is 3.11. The standard InChI is InChI=1S/C14H18N4O3S/c1-5-12-16-17-14(22)18(12)15-8-9-6-10(19-2)13(21-4)11(7-9)20-3/h6-8H,5H2,1-4H3,(H,17,22)/b15-8+. The molecule has 2 aromatic rings. The van der Waals surface area contributed by atoms with E-state index >= 15 is 0 Å². The Kier molecular flexibility index (Phi) is 5.16. The summed E-state index contributed by atoms with van der Waals surface area (Å²) in [5, 5.41) is 11.2. The molecule has 0 spiro atoms. The fourth-order valence-electron chi connectivity index (χ4n) is 1.97. The Morgan fingerprint density at radius 2 is 1.86 bits per heavy atom. The highest BCUT2D eigenvalue weighted by Gasteiger charge is 2.12. The van der Waals surface area contributed by atoms with Gasteiger partial charge in [0.25, 0.3) is 0 Å². The second kappa shape index (κ2) is 7.08. The summed E-state index contributed by atoms with van der Waals surface area (Å²) >= 11 is 5.15. The smallest absolute Gasteiger partial charge is 0.216 e. The average Bonchev–Trinajstić information content (AvgIpc) is 2.91. The Labute approximate surface area is 133 Å². The minimum atomic E-state index is 0.445. The van der Waals surface area contributed by atoms with Gasteiger partial charge in [0.2, 0.25) is 10.5 Å². The molecule has 1 aromatic carbocycles. The third-order valence-corrected chi connectivity index (χ3v) is 3.31. The summed E-state index contributed by atoms with van der Waals surface area (Å²) in [6.07, 6.45) is 2.38. The Hall–Kier alpha value is -2.35. The number of rotatable bonds is 6. The quantitative estimate of drug-likeness (QED) is 0.653. The number of benzene rings is 1. The molecule has 0 aliphatic carbocycles. The van der Waals surface area contributed by atoms with Crippen LogP contribution >= 0.6 is 12.2 Å². The van der Waals surface area contributed by atoms with E-state index in [2.05, 4.69) is 15.3 Å². The predicted octanol–water partition coefficient (Wildman–Crippen LogP) is 2.41. The van der Waals surface area contributed by atoms with Crippen molar-refractivity contribution in [2.75, 3.05) is 21.3 Å². The summed E-state index contributed by atoms with van der Waals surface area (Å²) in [6.45, 7) is 1.98. The van der Waals surface area contributed by atoms with Crippen molar-refractivity contribution >= 4 is 18.4 Å². The molecule has 1 heterocycles. The number of H-pyrrole nitrogens is 1. The summed E-state index contributed by atoms with van der Waals surface area (Å²) in [6, 6.07) is 3.61. The van der Waals surface area contributed by atoms with Gasteiger partial charge in [-0.2, -0.15) is 14.9 Å². The molecule has 0 fully saturated rings. The molecule has 0 atom stereocenters. The molecular formula is C14H18N4O3S.